The SMILES string of the molecule is CCCCCCCCC/C=C\CCCCCCCC(=O)OCCCCCCCCCCCCCC/C=C\CCCCCCCCCCCCCCCCCCC(=O)NC(CO)C(O)/C=C/CCCCCCCCCCCC. The van der Waals surface area contributed by atoms with E-state index in [1.54, 1.807) is 6.08 Å². The fourth-order valence-electron chi connectivity index (χ4n) is 10.8. The van der Waals surface area contributed by atoms with Gasteiger partial charge in [-0.1, -0.05) is 320 Å². The minimum atomic E-state index is -0.841. The van der Waals surface area contributed by atoms with Crippen LogP contribution in [-0.2, 0) is 14.3 Å². The molecule has 0 radical (unpaired) electrons. The zero-order valence-corrected chi connectivity index (χ0v) is 52.0. The van der Waals surface area contributed by atoms with Crippen LogP contribution in [0.15, 0.2) is 36.5 Å². The number of hydrogen-bond donors (Lipinski definition) is 3. The molecule has 77 heavy (non-hydrogen) atoms. The topological polar surface area (TPSA) is 95.9 Å². The van der Waals surface area contributed by atoms with Gasteiger partial charge < -0.3 is 20.3 Å². The van der Waals surface area contributed by atoms with Gasteiger partial charge in [0.25, 0.3) is 0 Å². The lowest BCUT2D eigenvalue weighted by Crippen LogP contribution is -2.45. The first-order valence-electron chi connectivity index (χ1n) is 34.8. The highest BCUT2D eigenvalue weighted by molar-refractivity contribution is 5.76. The summed E-state index contributed by atoms with van der Waals surface area (Å²) in [5, 5.41) is 23.1. The Morgan fingerprint density at radius 1 is 0.351 bits per heavy atom. The second-order valence-electron chi connectivity index (χ2n) is 23.9. The van der Waals surface area contributed by atoms with Crippen LogP contribution < -0.4 is 5.32 Å². The van der Waals surface area contributed by atoms with E-state index >= 15 is 0 Å². The van der Waals surface area contributed by atoms with Crippen LogP contribution in [0.2, 0.25) is 0 Å². The predicted molar refractivity (Wildman–Crippen MR) is 338 cm³/mol. The molecule has 0 aromatic heterocycles. The number of ether oxygens (including phenoxy) is 1. The third kappa shape index (κ3) is 63.1. The molecule has 3 N–H and O–H groups in total. The fourth-order valence-corrected chi connectivity index (χ4v) is 10.8. The van der Waals surface area contributed by atoms with Crippen molar-refractivity contribution in [3.05, 3.63) is 36.5 Å². The molecule has 6 nitrogen and oxygen atoms in total. The molecular formula is C71H135NO5. The number of amides is 1. The molecule has 0 saturated heterocycles. The van der Waals surface area contributed by atoms with E-state index in [2.05, 4.69) is 43.5 Å². The predicted octanol–water partition coefficient (Wildman–Crippen LogP) is 22.3. The van der Waals surface area contributed by atoms with Gasteiger partial charge in [0, 0.05) is 12.8 Å². The Hall–Kier alpha value is -1.92. The highest BCUT2D eigenvalue weighted by atomic mass is 16.5. The second kappa shape index (κ2) is 66.6. The van der Waals surface area contributed by atoms with Gasteiger partial charge in [-0.25, -0.2) is 0 Å². The van der Waals surface area contributed by atoms with Crippen LogP contribution in [0, 0.1) is 0 Å². The number of nitrogens with one attached hydrogen (secondary N) is 1. The lowest BCUT2D eigenvalue weighted by Gasteiger charge is -2.20. The quantitative estimate of drug-likeness (QED) is 0.0320. The number of hydrogen-bond acceptors (Lipinski definition) is 5. The Morgan fingerprint density at radius 2 is 0.610 bits per heavy atom. The average molecular weight is 1080 g/mol. The van der Waals surface area contributed by atoms with Crippen molar-refractivity contribution in [3.8, 4) is 0 Å². The first kappa shape index (κ1) is 75.1. The van der Waals surface area contributed by atoms with Gasteiger partial charge in [0.2, 0.25) is 5.91 Å². The summed E-state index contributed by atoms with van der Waals surface area (Å²) in [5.41, 5.74) is 0. The van der Waals surface area contributed by atoms with Crippen LogP contribution in [0.4, 0.5) is 0 Å². The smallest absolute Gasteiger partial charge is 0.305 e. The van der Waals surface area contributed by atoms with Crippen LogP contribution in [0.5, 0.6) is 0 Å². The molecule has 0 aromatic rings. The monoisotopic (exact) mass is 1080 g/mol. The van der Waals surface area contributed by atoms with Gasteiger partial charge in [0.15, 0.2) is 0 Å². The Morgan fingerprint density at radius 3 is 0.922 bits per heavy atom. The van der Waals surface area contributed by atoms with E-state index in [-0.39, 0.29) is 18.5 Å². The number of aliphatic hydroxyl groups is 2. The van der Waals surface area contributed by atoms with Gasteiger partial charge in [-0.2, -0.15) is 0 Å². The number of carbonyl (C=O) groups is 2. The molecule has 0 heterocycles. The van der Waals surface area contributed by atoms with E-state index in [0.717, 1.165) is 44.9 Å². The number of carbonyl (C=O) groups excluding carboxylic acids is 2. The van der Waals surface area contributed by atoms with E-state index in [1.165, 1.54) is 308 Å². The van der Waals surface area contributed by atoms with E-state index in [0.29, 0.717) is 19.4 Å². The lowest BCUT2D eigenvalue weighted by atomic mass is 10.0. The summed E-state index contributed by atoms with van der Waals surface area (Å²) in [4.78, 5) is 24.5. The maximum atomic E-state index is 12.4. The van der Waals surface area contributed by atoms with Crippen molar-refractivity contribution in [1.29, 1.82) is 0 Å². The molecule has 2 atom stereocenters. The van der Waals surface area contributed by atoms with Crippen LogP contribution >= 0.6 is 0 Å². The van der Waals surface area contributed by atoms with E-state index in [1.807, 2.05) is 6.08 Å². The zero-order chi connectivity index (χ0) is 55.7. The molecule has 6 heteroatoms. The number of unbranched alkanes of at least 4 members (excludes halogenated alkanes) is 50. The Bertz CT molecular complexity index is 1250. The third-order valence-corrected chi connectivity index (χ3v) is 16.1. The van der Waals surface area contributed by atoms with Crippen molar-refractivity contribution in [1.82, 2.24) is 5.32 Å². The first-order chi connectivity index (χ1) is 38.0. The fraction of sp³-hybridized carbons (Fsp3) is 0.887. The van der Waals surface area contributed by atoms with Crippen LogP contribution in [0.3, 0.4) is 0 Å². The Labute approximate surface area is 481 Å². The van der Waals surface area contributed by atoms with E-state index < -0.39 is 12.1 Å². The molecule has 0 aliphatic carbocycles. The molecule has 454 valence electrons. The molecule has 0 fully saturated rings. The average Bonchev–Trinajstić information content (AvgIpc) is 3.43. The maximum absolute atomic E-state index is 12.4. The summed E-state index contributed by atoms with van der Waals surface area (Å²) in [5.74, 6) is -0.0541. The van der Waals surface area contributed by atoms with Crippen LogP contribution in [-0.4, -0.2) is 47.4 Å². The largest absolute Gasteiger partial charge is 0.466 e. The van der Waals surface area contributed by atoms with Crippen molar-refractivity contribution < 1.29 is 24.5 Å². The molecule has 0 aliphatic rings. The Kier molecular flexibility index (Phi) is 64.9. The highest BCUT2D eigenvalue weighted by Gasteiger charge is 2.18. The van der Waals surface area contributed by atoms with Gasteiger partial charge >= 0.3 is 5.97 Å². The minimum Gasteiger partial charge on any atom is -0.466 e. The third-order valence-electron chi connectivity index (χ3n) is 16.1. The molecule has 0 rings (SSSR count). The van der Waals surface area contributed by atoms with E-state index in [4.69, 9.17) is 4.74 Å². The standard InChI is InChI=1S/C71H135NO5/c1-3-5-7-9-11-13-15-17-18-38-41-45-49-53-57-61-65-71(76)77-66-62-58-54-50-46-42-39-36-34-32-30-28-26-24-22-20-19-21-23-25-27-29-31-33-35-37-40-44-48-52-56-60-64-70(75)72-68(67-73)69(74)63-59-55-51-47-43-16-14-12-10-8-6-4-2/h18,22,24,38,59,63,68-69,73-74H,3-17,19-21,23,25-37,39-58,60-62,64-67H2,1-2H3,(H,72,75)/b24-22-,38-18-,63-59+. The maximum Gasteiger partial charge on any atom is 0.305 e. The normalized spacial score (nSPS) is 12.7. The molecule has 0 saturated carbocycles. The summed E-state index contributed by atoms with van der Waals surface area (Å²) >= 11 is 0. The number of rotatable bonds is 65. The summed E-state index contributed by atoms with van der Waals surface area (Å²) in [7, 11) is 0. The van der Waals surface area contributed by atoms with Gasteiger partial charge in [0.05, 0.1) is 25.4 Å². The molecule has 2 unspecified atom stereocenters. The van der Waals surface area contributed by atoms with Crippen molar-refractivity contribution in [2.24, 2.45) is 0 Å². The Balaban J connectivity index is 3.35. The van der Waals surface area contributed by atoms with Crippen molar-refractivity contribution in [3.63, 3.8) is 0 Å². The van der Waals surface area contributed by atoms with Crippen molar-refractivity contribution in [2.75, 3.05) is 13.2 Å². The van der Waals surface area contributed by atoms with Crippen LogP contribution in [0.1, 0.15) is 380 Å². The molecule has 1 amide bonds. The van der Waals surface area contributed by atoms with E-state index in [9.17, 15) is 19.8 Å². The van der Waals surface area contributed by atoms with Crippen LogP contribution in [0.25, 0.3) is 0 Å². The molecule has 0 spiro atoms. The summed E-state index contributed by atoms with van der Waals surface area (Å²) in [6.07, 6.45) is 85.2. The van der Waals surface area contributed by atoms with Gasteiger partial charge in [-0.3, -0.25) is 9.59 Å². The summed E-state index contributed by atoms with van der Waals surface area (Å²) in [6, 6.07) is -0.625. The molecule has 0 bridgehead atoms. The molecular weight excluding hydrogens is 947 g/mol. The second-order valence-corrected chi connectivity index (χ2v) is 23.9. The number of allylic oxidation sites excluding steroid dienone is 5. The van der Waals surface area contributed by atoms with Crippen molar-refractivity contribution in [2.45, 2.75) is 392 Å². The van der Waals surface area contributed by atoms with Gasteiger partial charge in [-0.05, 0) is 83.5 Å². The zero-order valence-electron chi connectivity index (χ0n) is 52.0. The lowest BCUT2D eigenvalue weighted by molar-refractivity contribution is -0.143. The van der Waals surface area contributed by atoms with Gasteiger partial charge in [-0.15, -0.1) is 0 Å². The summed E-state index contributed by atoms with van der Waals surface area (Å²) < 4.78 is 5.49. The first-order valence-corrected chi connectivity index (χ1v) is 34.8. The number of esters is 1. The van der Waals surface area contributed by atoms with Crippen molar-refractivity contribution >= 4 is 11.9 Å². The highest BCUT2D eigenvalue weighted by Crippen LogP contribution is 2.18. The molecule has 0 aromatic carbocycles. The minimum absolute atomic E-state index is 0.0108. The summed E-state index contributed by atoms with van der Waals surface area (Å²) in [6.45, 7) is 4.91. The van der Waals surface area contributed by atoms with Gasteiger partial charge in [0.1, 0.15) is 0 Å². The molecule has 0 aliphatic heterocycles. The number of aliphatic hydroxyl groups excluding tert-OH is 2.